The highest BCUT2D eigenvalue weighted by Gasteiger charge is 2.39. The van der Waals surface area contributed by atoms with Crippen LogP contribution in [-0.4, -0.2) is 53.3 Å². The third-order valence-electron chi connectivity index (χ3n) is 7.26. The van der Waals surface area contributed by atoms with Gasteiger partial charge in [-0.05, 0) is 73.2 Å². The fourth-order valence-electron chi connectivity index (χ4n) is 5.35. The Kier molecular flexibility index (Phi) is 6.56. The summed E-state index contributed by atoms with van der Waals surface area (Å²) < 4.78 is 5.45. The van der Waals surface area contributed by atoms with Gasteiger partial charge in [0.2, 0.25) is 11.8 Å². The topological polar surface area (TPSA) is 79.0 Å². The van der Waals surface area contributed by atoms with Crippen molar-refractivity contribution in [2.45, 2.75) is 50.7 Å². The summed E-state index contributed by atoms with van der Waals surface area (Å²) >= 11 is 0. The molecule has 0 radical (unpaired) electrons. The molecule has 0 spiro atoms. The van der Waals surface area contributed by atoms with E-state index in [1.807, 2.05) is 18.2 Å². The van der Waals surface area contributed by atoms with Crippen LogP contribution in [0.4, 0.5) is 0 Å². The minimum Gasteiger partial charge on any atom is -0.481 e. The maximum Gasteiger partial charge on any atom is 0.255 e. The Morgan fingerprint density at radius 3 is 2.51 bits per heavy atom. The van der Waals surface area contributed by atoms with Crippen LogP contribution in [0.25, 0.3) is 0 Å². The standard InChI is InChI=1S/C28H29N3O4/c1-2-15-35-23-6-3-19(4-7-23)17-30-13-11-20(12-14-30)21-5-8-24-22(16-21)18-31(28(24)34)25-9-10-26(32)29-27(25)33/h1,3-8,16,20,25H,9-15,17-18H2,(H,29,32,33). The molecule has 180 valence electrons. The third-order valence-corrected chi connectivity index (χ3v) is 7.26. The summed E-state index contributed by atoms with van der Waals surface area (Å²) in [5.74, 6) is 2.96. The summed E-state index contributed by atoms with van der Waals surface area (Å²) in [6, 6.07) is 13.7. The van der Waals surface area contributed by atoms with Gasteiger partial charge in [-0.15, -0.1) is 6.42 Å². The Hall–Kier alpha value is -3.63. The second-order valence-electron chi connectivity index (χ2n) is 9.50. The molecule has 7 nitrogen and oxygen atoms in total. The van der Waals surface area contributed by atoms with Gasteiger partial charge in [-0.25, -0.2) is 0 Å². The van der Waals surface area contributed by atoms with Crippen LogP contribution in [0.3, 0.4) is 0 Å². The van der Waals surface area contributed by atoms with Crippen LogP contribution < -0.4 is 10.1 Å². The van der Waals surface area contributed by atoms with Crippen molar-refractivity contribution in [3.8, 4) is 18.1 Å². The van der Waals surface area contributed by atoms with Gasteiger partial charge in [-0.2, -0.15) is 0 Å². The van der Waals surface area contributed by atoms with Crippen LogP contribution >= 0.6 is 0 Å². The molecule has 0 saturated carbocycles. The zero-order valence-electron chi connectivity index (χ0n) is 19.7. The van der Waals surface area contributed by atoms with Gasteiger partial charge in [0.1, 0.15) is 18.4 Å². The van der Waals surface area contributed by atoms with Crippen molar-refractivity contribution in [1.29, 1.82) is 0 Å². The van der Waals surface area contributed by atoms with Crippen molar-refractivity contribution in [2.24, 2.45) is 0 Å². The number of carbonyl (C=O) groups excluding carboxylic acids is 3. The number of ether oxygens (including phenoxy) is 1. The van der Waals surface area contributed by atoms with Gasteiger partial charge in [0.15, 0.2) is 0 Å². The largest absolute Gasteiger partial charge is 0.481 e. The lowest BCUT2D eigenvalue weighted by Gasteiger charge is -2.32. The number of carbonyl (C=O) groups is 3. The molecule has 0 aromatic heterocycles. The van der Waals surface area contributed by atoms with E-state index in [0.29, 0.717) is 24.4 Å². The molecular weight excluding hydrogens is 442 g/mol. The summed E-state index contributed by atoms with van der Waals surface area (Å²) in [5.41, 5.74) is 4.16. The van der Waals surface area contributed by atoms with E-state index in [4.69, 9.17) is 11.2 Å². The van der Waals surface area contributed by atoms with Crippen molar-refractivity contribution in [3.05, 3.63) is 64.7 Å². The molecule has 1 N–H and O–H groups in total. The second kappa shape index (κ2) is 9.93. The highest BCUT2D eigenvalue weighted by Crippen LogP contribution is 2.34. The number of rotatable bonds is 6. The van der Waals surface area contributed by atoms with E-state index >= 15 is 0 Å². The van der Waals surface area contributed by atoms with E-state index < -0.39 is 6.04 Å². The van der Waals surface area contributed by atoms with Crippen LogP contribution in [-0.2, 0) is 22.7 Å². The Balaban J connectivity index is 1.17. The number of nitrogens with one attached hydrogen (secondary N) is 1. The molecule has 0 aliphatic carbocycles. The van der Waals surface area contributed by atoms with Crippen molar-refractivity contribution in [3.63, 3.8) is 0 Å². The number of likely N-dealkylation sites (tertiary alicyclic amines) is 1. The van der Waals surface area contributed by atoms with Crippen LogP contribution in [0, 0.1) is 12.3 Å². The van der Waals surface area contributed by atoms with E-state index in [1.165, 1.54) is 11.1 Å². The fourth-order valence-corrected chi connectivity index (χ4v) is 5.35. The molecule has 2 aromatic carbocycles. The summed E-state index contributed by atoms with van der Waals surface area (Å²) in [7, 11) is 0. The lowest BCUT2D eigenvalue weighted by molar-refractivity contribution is -0.136. The van der Waals surface area contributed by atoms with Crippen LogP contribution in [0.5, 0.6) is 5.75 Å². The molecule has 2 saturated heterocycles. The molecule has 7 heteroatoms. The Labute approximate surface area is 205 Å². The maximum atomic E-state index is 12.9. The molecule has 3 amide bonds. The van der Waals surface area contributed by atoms with E-state index in [0.717, 1.165) is 43.8 Å². The van der Waals surface area contributed by atoms with E-state index in [2.05, 4.69) is 40.4 Å². The molecule has 2 aromatic rings. The fraction of sp³-hybridized carbons (Fsp3) is 0.393. The first-order valence-electron chi connectivity index (χ1n) is 12.2. The number of imide groups is 1. The minimum absolute atomic E-state index is 0.119. The van der Waals surface area contributed by atoms with Crippen LogP contribution in [0.2, 0.25) is 0 Å². The molecular formula is C28H29N3O4. The number of hydrogen-bond donors (Lipinski definition) is 1. The zero-order chi connectivity index (χ0) is 24.4. The molecule has 1 atom stereocenters. The van der Waals surface area contributed by atoms with Gasteiger partial charge in [0, 0.05) is 25.1 Å². The van der Waals surface area contributed by atoms with Gasteiger partial charge >= 0.3 is 0 Å². The first-order chi connectivity index (χ1) is 17.0. The highest BCUT2D eigenvalue weighted by atomic mass is 16.5. The van der Waals surface area contributed by atoms with Crippen molar-refractivity contribution in [1.82, 2.24) is 15.1 Å². The van der Waals surface area contributed by atoms with E-state index in [-0.39, 0.29) is 30.7 Å². The SMILES string of the molecule is C#CCOc1ccc(CN2CCC(c3ccc4c(c3)CN(C3CCC(=O)NC3=O)C4=O)CC2)cc1. The first-order valence-corrected chi connectivity index (χ1v) is 12.2. The van der Waals surface area contributed by atoms with Crippen LogP contribution in [0.1, 0.15) is 58.6 Å². The number of piperidine rings is 2. The van der Waals surface area contributed by atoms with E-state index in [9.17, 15) is 14.4 Å². The van der Waals surface area contributed by atoms with Crippen molar-refractivity contribution >= 4 is 17.7 Å². The zero-order valence-corrected chi connectivity index (χ0v) is 19.7. The summed E-state index contributed by atoms with van der Waals surface area (Å²) in [6.45, 7) is 3.63. The highest BCUT2D eigenvalue weighted by molar-refractivity contribution is 6.05. The number of benzene rings is 2. The average molecular weight is 472 g/mol. The third kappa shape index (κ3) is 4.94. The van der Waals surface area contributed by atoms with E-state index in [1.54, 1.807) is 4.90 Å². The van der Waals surface area contributed by atoms with Gasteiger partial charge in [-0.1, -0.05) is 30.2 Å². The lowest BCUT2D eigenvalue weighted by Crippen LogP contribution is -2.52. The normalized spacial score (nSPS) is 20.9. The summed E-state index contributed by atoms with van der Waals surface area (Å²) in [6.07, 6.45) is 8.02. The predicted molar refractivity (Wildman–Crippen MR) is 131 cm³/mol. The second-order valence-corrected chi connectivity index (χ2v) is 9.50. The Morgan fingerprint density at radius 1 is 1.03 bits per heavy atom. The molecule has 3 aliphatic rings. The summed E-state index contributed by atoms with van der Waals surface area (Å²) in [4.78, 5) is 40.8. The number of nitrogens with zero attached hydrogens (tertiary/aromatic N) is 2. The molecule has 5 rings (SSSR count). The Morgan fingerprint density at radius 2 is 1.80 bits per heavy atom. The lowest BCUT2D eigenvalue weighted by atomic mass is 9.87. The number of fused-ring (bicyclic) bond motifs is 1. The first kappa shape index (κ1) is 23.1. The summed E-state index contributed by atoms with van der Waals surface area (Å²) in [5, 5.41) is 2.36. The molecule has 2 fully saturated rings. The van der Waals surface area contributed by atoms with Gasteiger partial charge in [0.05, 0.1) is 0 Å². The number of hydrogen-bond acceptors (Lipinski definition) is 5. The van der Waals surface area contributed by atoms with Gasteiger partial charge in [0.25, 0.3) is 5.91 Å². The molecule has 3 aliphatic heterocycles. The van der Waals surface area contributed by atoms with Crippen molar-refractivity contribution in [2.75, 3.05) is 19.7 Å². The minimum atomic E-state index is -0.572. The number of terminal acetylenes is 1. The van der Waals surface area contributed by atoms with Crippen molar-refractivity contribution < 1.29 is 19.1 Å². The molecule has 35 heavy (non-hydrogen) atoms. The molecule has 3 heterocycles. The predicted octanol–water partition coefficient (Wildman–Crippen LogP) is 2.84. The quantitative estimate of drug-likeness (QED) is 0.518. The van der Waals surface area contributed by atoms with Crippen LogP contribution in [0.15, 0.2) is 42.5 Å². The monoisotopic (exact) mass is 471 g/mol. The molecule has 1 unspecified atom stereocenters. The molecule has 0 bridgehead atoms. The Bertz CT molecular complexity index is 1180. The smallest absolute Gasteiger partial charge is 0.255 e. The van der Waals surface area contributed by atoms with Gasteiger partial charge in [-0.3, -0.25) is 24.6 Å². The maximum absolute atomic E-state index is 12.9. The average Bonchev–Trinajstić information content (AvgIpc) is 3.19. The van der Waals surface area contributed by atoms with Gasteiger partial charge < -0.3 is 9.64 Å². The number of amides is 3.